The summed E-state index contributed by atoms with van der Waals surface area (Å²) < 4.78 is 0. The van der Waals surface area contributed by atoms with E-state index < -0.39 is 0 Å². The van der Waals surface area contributed by atoms with Crippen molar-refractivity contribution in [1.29, 1.82) is 0 Å². The lowest BCUT2D eigenvalue weighted by Gasteiger charge is -2.23. The van der Waals surface area contributed by atoms with Crippen LogP contribution in [0.5, 0.6) is 0 Å². The van der Waals surface area contributed by atoms with Gasteiger partial charge in [-0.2, -0.15) is 0 Å². The van der Waals surface area contributed by atoms with Crippen LogP contribution in [0.2, 0.25) is 0 Å². The van der Waals surface area contributed by atoms with Crippen LogP contribution in [0.15, 0.2) is 35.8 Å². The molecule has 120 valence electrons. The number of nitrogens with zero attached hydrogens (tertiary/aromatic N) is 2. The first-order valence-electron chi connectivity index (χ1n) is 7.57. The van der Waals surface area contributed by atoms with Gasteiger partial charge in [-0.25, -0.2) is 9.79 Å². The number of carbonyl (C=O) groups is 1. The highest BCUT2D eigenvalue weighted by Gasteiger charge is 2.17. The molecule has 5 nitrogen and oxygen atoms in total. The number of nitrogens with one attached hydrogen (secondary N) is 2. The molecule has 0 aliphatic heterocycles. The van der Waals surface area contributed by atoms with Crippen molar-refractivity contribution in [1.82, 2.24) is 10.6 Å². The second kappa shape index (κ2) is 8.87. The highest BCUT2D eigenvalue weighted by molar-refractivity contribution is 6.04. The van der Waals surface area contributed by atoms with Gasteiger partial charge in [0.25, 0.3) is 0 Å². The summed E-state index contributed by atoms with van der Waals surface area (Å²) in [4.78, 5) is 18.4. The Kier molecular flexibility index (Phi) is 7.16. The molecule has 2 N–H and O–H groups in total. The number of hydrogen-bond donors (Lipinski definition) is 2. The normalized spacial score (nSPS) is 11.0. The fourth-order valence-corrected chi connectivity index (χ4v) is 2.23. The topological polar surface area (TPSA) is 56.7 Å². The SMILES string of the molecule is C=CCN=C(NCC)NC(=O)N(C)c1c(C)cccc1CC. The molecule has 0 aliphatic carbocycles. The van der Waals surface area contributed by atoms with E-state index in [1.54, 1.807) is 18.0 Å². The van der Waals surface area contributed by atoms with E-state index in [-0.39, 0.29) is 6.03 Å². The van der Waals surface area contributed by atoms with Gasteiger partial charge >= 0.3 is 6.03 Å². The number of hydrogen-bond acceptors (Lipinski definition) is 2. The Bertz CT molecular complexity index is 552. The van der Waals surface area contributed by atoms with Crippen LogP contribution in [-0.4, -0.2) is 32.1 Å². The van der Waals surface area contributed by atoms with Crippen molar-refractivity contribution in [2.45, 2.75) is 27.2 Å². The zero-order valence-corrected chi connectivity index (χ0v) is 13.9. The Morgan fingerprint density at radius 1 is 1.41 bits per heavy atom. The van der Waals surface area contributed by atoms with Gasteiger partial charge in [-0.1, -0.05) is 31.2 Å². The molecule has 1 aromatic carbocycles. The highest BCUT2D eigenvalue weighted by Crippen LogP contribution is 2.24. The molecule has 1 aromatic rings. The van der Waals surface area contributed by atoms with E-state index >= 15 is 0 Å². The molecule has 0 unspecified atom stereocenters. The molecule has 0 atom stereocenters. The number of para-hydroxylation sites is 1. The van der Waals surface area contributed by atoms with Crippen LogP contribution in [0, 0.1) is 6.92 Å². The van der Waals surface area contributed by atoms with Gasteiger partial charge < -0.3 is 5.32 Å². The number of carbonyl (C=O) groups excluding carboxylic acids is 1. The van der Waals surface area contributed by atoms with E-state index in [1.807, 2.05) is 32.0 Å². The van der Waals surface area contributed by atoms with Gasteiger partial charge in [-0.15, -0.1) is 6.58 Å². The fraction of sp³-hybridized carbons (Fsp3) is 0.412. The lowest BCUT2D eigenvalue weighted by Crippen LogP contribution is -2.47. The molecule has 0 bridgehead atoms. The van der Waals surface area contributed by atoms with E-state index in [0.29, 0.717) is 19.0 Å². The first-order valence-corrected chi connectivity index (χ1v) is 7.57. The number of rotatable bonds is 5. The van der Waals surface area contributed by atoms with Crippen LogP contribution in [0.25, 0.3) is 0 Å². The molecule has 0 aliphatic rings. The summed E-state index contributed by atoms with van der Waals surface area (Å²) in [5, 5.41) is 5.85. The molecule has 0 saturated heterocycles. The van der Waals surface area contributed by atoms with Gasteiger partial charge in [-0.05, 0) is 31.4 Å². The third-order valence-corrected chi connectivity index (χ3v) is 3.29. The molecule has 0 radical (unpaired) electrons. The Balaban J connectivity index is 2.95. The number of amides is 2. The molecule has 1 rings (SSSR count). The summed E-state index contributed by atoms with van der Waals surface area (Å²) in [5.41, 5.74) is 3.16. The predicted octanol–water partition coefficient (Wildman–Crippen LogP) is 2.85. The third kappa shape index (κ3) is 4.62. The molecule has 0 spiro atoms. The minimum atomic E-state index is -0.215. The smallest absolute Gasteiger partial charge is 0.328 e. The number of urea groups is 1. The van der Waals surface area contributed by atoms with Crippen molar-refractivity contribution >= 4 is 17.7 Å². The van der Waals surface area contributed by atoms with Crippen molar-refractivity contribution < 1.29 is 4.79 Å². The third-order valence-electron chi connectivity index (χ3n) is 3.29. The van der Waals surface area contributed by atoms with Gasteiger partial charge in [0.1, 0.15) is 0 Å². The highest BCUT2D eigenvalue weighted by atomic mass is 16.2. The van der Waals surface area contributed by atoms with Crippen molar-refractivity contribution in [2.75, 3.05) is 25.0 Å². The average molecular weight is 302 g/mol. The fourth-order valence-electron chi connectivity index (χ4n) is 2.23. The first kappa shape index (κ1) is 17.8. The van der Waals surface area contributed by atoms with E-state index in [2.05, 4.69) is 29.1 Å². The summed E-state index contributed by atoms with van der Waals surface area (Å²) in [6, 6.07) is 5.85. The molecule has 0 fully saturated rings. The van der Waals surface area contributed by atoms with E-state index in [0.717, 1.165) is 23.2 Å². The molecule has 0 saturated carbocycles. The van der Waals surface area contributed by atoms with Gasteiger partial charge in [-0.3, -0.25) is 10.2 Å². The van der Waals surface area contributed by atoms with Gasteiger partial charge in [0.2, 0.25) is 0 Å². The molecular weight excluding hydrogens is 276 g/mol. The van der Waals surface area contributed by atoms with E-state index in [4.69, 9.17) is 0 Å². The summed E-state index contributed by atoms with van der Waals surface area (Å²) in [5.74, 6) is 0.464. The maximum Gasteiger partial charge on any atom is 0.328 e. The average Bonchev–Trinajstić information content (AvgIpc) is 2.51. The zero-order valence-electron chi connectivity index (χ0n) is 13.9. The largest absolute Gasteiger partial charge is 0.356 e. The van der Waals surface area contributed by atoms with E-state index in [9.17, 15) is 4.79 Å². The monoisotopic (exact) mass is 302 g/mol. The Morgan fingerprint density at radius 3 is 2.73 bits per heavy atom. The van der Waals surface area contributed by atoms with Crippen LogP contribution in [-0.2, 0) is 6.42 Å². The number of benzene rings is 1. The lowest BCUT2D eigenvalue weighted by molar-refractivity contribution is 0.251. The summed E-state index contributed by atoms with van der Waals surface area (Å²) in [6.45, 7) is 10.8. The number of anilines is 1. The molecular formula is C17H26N4O. The zero-order chi connectivity index (χ0) is 16.5. The standard InChI is InChI=1S/C17H26N4O/c1-6-12-19-16(18-8-3)20-17(22)21(5)15-13(4)10-9-11-14(15)7-2/h6,9-11H,1,7-8,12H2,2-5H3,(H2,18,19,20,22). The van der Waals surface area contributed by atoms with Gasteiger partial charge in [0, 0.05) is 13.6 Å². The van der Waals surface area contributed by atoms with Crippen LogP contribution in [0.3, 0.4) is 0 Å². The number of aryl methyl sites for hydroxylation is 2. The van der Waals surface area contributed by atoms with E-state index in [1.165, 1.54) is 0 Å². The minimum Gasteiger partial charge on any atom is -0.356 e. The predicted molar refractivity (Wildman–Crippen MR) is 93.7 cm³/mol. The molecule has 2 amide bonds. The Morgan fingerprint density at radius 2 is 2.14 bits per heavy atom. The van der Waals surface area contributed by atoms with Crippen LogP contribution < -0.4 is 15.5 Å². The molecule has 5 heteroatoms. The van der Waals surface area contributed by atoms with Gasteiger partial charge in [0.05, 0.1) is 12.2 Å². The minimum absolute atomic E-state index is 0.215. The van der Waals surface area contributed by atoms with Crippen molar-refractivity contribution in [3.63, 3.8) is 0 Å². The lowest BCUT2D eigenvalue weighted by atomic mass is 10.1. The maximum absolute atomic E-state index is 12.5. The Labute approximate surface area is 133 Å². The number of aliphatic imine (C=N–C) groups is 1. The summed E-state index contributed by atoms with van der Waals surface area (Å²) >= 11 is 0. The maximum atomic E-state index is 12.5. The molecule has 22 heavy (non-hydrogen) atoms. The number of guanidine groups is 1. The summed E-state index contributed by atoms with van der Waals surface area (Å²) in [7, 11) is 1.77. The Hall–Kier alpha value is -2.30. The summed E-state index contributed by atoms with van der Waals surface area (Å²) in [6.07, 6.45) is 2.56. The van der Waals surface area contributed by atoms with Crippen LogP contribution in [0.4, 0.5) is 10.5 Å². The van der Waals surface area contributed by atoms with Crippen LogP contribution >= 0.6 is 0 Å². The van der Waals surface area contributed by atoms with Crippen molar-refractivity contribution in [3.05, 3.63) is 42.0 Å². The van der Waals surface area contributed by atoms with Gasteiger partial charge in [0.15, 0.2) is 5.96 Å². The van der Waals surface area contributed by atoms with Crippen LogP contribution in [0.1, 0.15) is 25.0 Å². The molecule has 0 aromatic heterocycles. The quantitative estimate of drug-likeness (QED) is 0.499. The van der Waals surface area contributed by atoms with Crippen molar-refractivity contribution in [3.8, 4) is 0 Å². The van der Waals surface area contributed by atoms with Crippen molar-refractivity contribution in [2.24, 2.45) is 4.99 Å². The molecule has 0 heterocycles. The second-order valence-electron chi connectivity index (χ2n) is 4.93. The first-order chi connectivity index (χ1) is 10.5. The second-order valence-corrected chi connectivity index (χ2v) is 4.93.